The molecular formula is C14H25N3O2. The Morgan fingerprint density at radius 2 is 1.89 bits per heavy atom. The molecule has 5 heteroatoms. The molecule has 0 spiro atoms. The van der Waals surface area contributed by atoms with Gasteiger partial charge in [0, 0.05) is 24.4 Å². The zero-order valence-corrected chi connectivity index (χ0v) is 12.3. The van der Waals surface area contributed by atoms with Gasteiger partial charge in [0.2, 0.25) is 0 Å². The van der Waals surface area contributed by atoms with Crippen LogP contribution in [0.25, 0.3) is 0 Å². The first-order valence-electron chi connectivity index (χ1n) is 6.81. The zero-order chi connectivity index (χ0) is 14.5. The number of nitrogens with zero attached hydrogens (tertiary/aromatic N) is 2. The fraction of sp³-hybridized carbons (Fsp3) is 0.714. The van der Waals surface area contributed by atoms with Crippen LogP contribution in [0.2, 0.25) is 0 Å². The van der Waals surface area contributed by atoms with Gasteiger partial charge in [0.05, 0.1) is 5.60 Å². The highest BCUT2D eigenvalue weighted by Gasteiger charge is 2.24. The number of anilines is 1. The smallest absolute Gasteiger partial charge is 0.132 e. The van der Waals surface area contributed by atoms with Crippen LogP contribution in [-0.4, -0.2) is 38.9 Å². The molecule has 1 unspecified atom stereocenters. The van der Waals surface area contributed by atoms with Gasteiger partial charge in [-0.1, -0.05) is 6.92 Å². The minimum Gasteiger partial charge on any atom is -0.396 e. The van der Waals surface area contributed by atoms with E-state index in [1.54, 1.807) is 0 Å². The molecule has 1 atom stereocenters. The molecule has 0 saturated heterocycles. The van der Waals surface area contributed by atoms with E-state index < -0.39 is 5.60 Å². The molecule has 0 bridgehead atoms. The van der Waals surface area contributed by atoms with Crippen LogP contribution in [-0.2, 0) is 0 Å². The van der Waals surface area contributed by atoms with E-state index in [0.717, 1.165) is 22.9 Å². The van der Waals surface area contributed by atoms with Crippen molar-refractivity contribution in [1.29, 1.82) is 0 Å². The molecule has 0 fully saturated rings. The summed E-state index contributed by atoms with van der Waals surface area (Å²) < 4.78 is 0. The average molecular weight is 267 g/mol. The molecule has 108 valence electrons. The van der Waals surface area contributed by atoms with E-state index in [1.165, 1.54) is 0 Å². The molecule has 0 aliphatic rings. The van der Waals surface area contributed by atoms with Gasteiger partial charge in [-0.05, 0) is 40.0 Å². The molecule has 0 aliphatic heterocycles. The van der Waals surface area contributed by atoms with Crippen molar-refractivity contribution < 1.29 is 10.2 Å². The Bertz CT molecular complexity index is 423. The van der Waals surface area contributed by atoms with E-state index in [4.69, 9.17) is 5.11 Å². The zero-order valence-electron chi connectivity index (χ0n) is 12.3. The SMILES string of the molecule is CCC(O)(CCCO)CNc1nc(C)nc(C)c1C. The summed E-state index contributed by atoms with van der Waals surface area (Å²) in [6.45, 7) is 8.26. The van der Waals surface area contributed by atoms with Crippen molar-refractivity contribution in [3.63, 3.8) is 0 Å². The van der Waals surface area contributed by atoms with Crippen LogP contribution in [0.15, 0.2) is 0 Å². The van der Waals surface area contributed by atoms with Crippen LogP contribution >= 0.6 is 0 Å². The van der Waals surface area contributed by atoms with E-state index in [2.05, 4.69) is 15.3 Å². The molecule has 0 saturated carbocycles. The van der Waals surface area contributed by atoms with Crippen molar-refractivity contribution in [2.45, 2.75) is 52.6 Å². The van der Waals surface area contributed by atoms with Crippen molar-refractivity contribution >= 4 is 5.82 Å². The van der Waals surface area contributed by atoms with Gasteiger partial charge in [-0.2, -0.15) is 0 Å². The van der Waals surface area contributed by atoms with Crippen LogP contribution in [0, 0.1) is 20.8 Å². The third-order valence-corrected chi connectivity index (χ3v) is 3.54. The highest BCUT2D eigenvalue weighted by molar-refractivity contribution is 5.45. The lowest BCUT2D eigenvalue weighted by atomic mass is 9.94. The first kappa shape index (κ1) is 15.9. The van der Waals surface area contributed by atoms with E-state index in [-0.39, 0.29) is 6.61 Å². The van der Waals surface area contributed by atoms with Gasteiger partial charge in [-0.3, -0.25) is 0 Å². The van der Waals surface area contributed by atoms with Crippen LogP contribution in [0.3, 0.4) is 0 Å². The van der Waals surface area contributed by atoms with Crippen molar-refractivity contribution in [3.8, 4) is 0 Å². The normalized spacial score (nSPS) is 14.2. The van der Waals surface area contributed by atoms with Gasteiger partial charge in [0.1, 0.15) is 11.6 Å². The van der Waals surface area contributed by atoms with E-state index in [9.17, 15) is 5.11 Å². The number of aliphatic hydroxyl groups excluding tert-OH is 1. The standard InChI is InChI=1S/C14H25N3O2/c1-5-14(19,7-6-8-18)9-15-13-10(2)11(3)16-12(4)17-13/h18-19H,5-9H2,1-4H3,(H,15,16,17). The van der Waals surface area contributed by atoms with Gasteiger partial charge < -0.3 is 15.5 Å². The summed E-state index contributed by atoms with van der Waals surface area (Å²) in [6, 6.07) is 0. The maximum atomic E-state index is 10.4. The van der Waals surface area contributed by atoms with Gasteiger partial charge in [0.15, 0.2) is 0 Å². The molecule has 5 nitrogen and oxygen atoms in total. The highest BCUT2D eigenvalue weighted by atomic mass is 16.3. The lowest BCUT2D eigenvalue weighted by Crippen LogP contribution is -2.37. The van der Waals surface area contributed by atoms with Gasteiger partial charge in [-0.25, -0.2) is 9.97 Å². The molecule has 1 rings (SSSR count). The predicted octanol–water partition coefficient (Wildman–Crippen LogP) is 1.73. The van der Waals surface area contributed by atoms with Gasteiger partial charge in [-0.15, -0.1) is 0 Å². The highest BCUT2D eigenvalue weighted by Crippen LogP contribution is 2.20. The number of aryl methyl sites for hydroxylation is 2. The third kappa shape index (κ3) is 4.44. The molecule has 1 aromatic heterocycles. The van der Waals surface area contributed by atoms with Gasteiger partial charge >= 0.3 is 0 Å². The molecule has 1 aromatic rings. The van der Waals surface area contributed by atoms with Crippen LogP contribution in [0.4, 0.5) is 5.82 Å². The number of rotatable bonds is 7. The predicted molar refractivity (Wildman–Crippen MR) is 76.3 cm³/mol. The van der Waals surface area contributed by atoms with E-state index in [1.807, 2.05) is 27.7 Å². The number of nitrogens with one attached hydrogen (secondary N) is 1. The van der Waals surface area contributed by atoms with Crippen LogP contribution in [0.1, 0.15) is 43.3 Å². The summed E-state index contributed by atoms with van der Waals surface area (Å²) in [5.41, 5.74) is 1.15. The third-order valence-electron chi connectivity index (χ3n) is 3.54. The van der Waals surface area contributed by atoms with Crippen molar-refractivity contribution in [3.05, 3.63) is 17.1 Å². The Labute approximate surface area is 115 Å². The molecule has 0 aliphatic carbocycles. The minimum atomic E-state index is -0.804. The fourth-order valence-corrected chi connectivity index (χ4v) is 1.99. The summed E-state index contributed by atoms with van der Waals surface area (Å²) in [5, 5.41) is 22.5. The second-order valence-electron chi connectivity index (χ2n) is 5.09. The number of hydrogen-bond donors (Lipinski definition) is 3. The maximum absolute atomic E-state index is 10.4. The number of aliphatic hydroxyl groups is 2. The largest absolute Gasteiger partial charge is 0.396 e. The molecule has 0 radical (unpaired) electrons. The molecule has 0 amide bonds. The Hall–Kier alpha value is -1.20. The van der Waals surface area contributed by atoms with Crippen LogP contribution in [0.5, 0.6) is 0 Å². The summed E-state index contributed by atoms with van der Waals surface area (Å²) in [5.74, 6) is 1.50. The lowest BCUT2D eigenvalue weighted by molar-refractivity contribution is 0.0338. The topological polar surface area (TPSA) is 78.3 Å². The maximum Gasteiger partial charge on any atom is 0.132 e. The van der Waals surface area contributed by atoms with E-state index in [0.29, 0.717) is 25.8 Å². The minimum absolute atomic E-state index is 0.104. The molecule has 3 N–H and O–H groups in total. The summed E-state index contributed by atoms with van der Waals surface area (Å²) in [6.07, 6.45) is 1.82. The van der Waals surface area contributed by atoms with Crippen molar-refractivity contribution in [2.24, 2.45) is 0 Å². The molecule has 0 aromatic carbocycles. The van der Waals surface area contributed by atoms with Crippen LogP contribution < -0.4 is 5.32 Å². The summed E-state index contributed by atoms with van der Waals surface area (Å²) in [7, 11) is 0. The molecular weight excluding hydrogens is 242 g/mol. The quantitative estimate of drug-likeness (QED) is 0.701. The Balaban J connectivity index is 2.74. The number of hydrogen-bond acceptors (Lipinski definition) is 5. The second kappa shape index (κ2) is 6.82. The summed E-state index contributed by atoms with van der Waals surface area (Å²) in [4.78, 5) is 8.67. The van der Waals surface area contributed by atoms with Crippen molar-refractivity contribution in [1.82, 2.24) is 9.97 Å². The Kier molecular flexibility index (Phi) is 5.69. The second-order valence-corrected chi connectivity index (χ2v) is 5.09. The molecule has 19 heavy (non-hydrogen) atoms. The monoisotopic (exact) mass is 267 g/mol. The Morgan fingerprint density at radius 3 is 2.47 bits per heavy atom. The fourth-order valence-electron chi connectivity index (χ4n) is 1.99. The van der Waals surface area contributed by atoms with Gasteiger partial charge in [0.25, 0.3) is 0 Å². The summed E-state index contributed by atoms with van der Waals surface area (Å²) >= 11 is 0. The first-order chi connectivity index (χ1) is 8.91. The Morgan fingerprint density at radius 1 is 1.21 bits per heavy atom. The van der Waals surface area contributed by atoms with E-state index >= 15 is 0 Å². The molecule has 1 heterocycles. The number of aromatic nitrogens is 2. The first-order valence-corrected chi connectivity index (χ1v) is 6.81. The lowest BCUT2D eigenvalue weighted by Gasteiger charge is -2.27. The van der Waals surface area contributed by atoms with Crippen molar-refractivity contribution in [2.75, 3.05) is 18.5 Å². The average Bonchev–Trinajstić information content (AvgIpc) is 2.39.